The minimum Gasteiger partial charge on any atom is -0.313 e. The molecule has 2 rings (SSSR count). The van der Waals surface area contributed by atoms with E-state index in [1.165, 1.54) is 11.6 Å². The van der Waals surface area contributed by atoms with Crippen LogP contribution in [0.4, 0.5) is 5.13 Å². The Kier molecular flexibility index (Phi) is 4.99. The highest BCUT2D eigenvalue weighted by molar-refractivity contribution is 7.92. The van der Waals surface area contributed by atoms with Crippen molar-refractivity contribution in [3.63, 3.8) is 0 Å². The fourth-order valence-electron chi connectivity index (χ4n) is 1.47. The summed E-state index contributed by atoms with van der Waals surface area (Å²) in [6, 6.07) is 3.22. The first-order chi connectivity index (χ1) is 9.62. The van der Waals surface area contributed by atoms with Crippen molar-refractivity contribution < 1.29 is 8.42 Å². The molecule has 2 aromatic heterocycles. The maximum absolute atomic E-state index is 12.0. The number of nitrogens with one attached hydrogen (secondary N) is 2. The quantitative estimate of drug-likeness (QED) is 0.746. The molecule has 108 valence electrons. The van der Waals surface area contributed by atoms with E-state index in [0.29, 0.717) is 6.54 Å². The molecule has 2 N–H and O–H groups in total. The molecule has 2 aromatic rings. The molecule has 20 heavy (non-hydrogen) atoms. The molecule has 0 aliphatic heterocycles. The minimum atomic E-state index is -3.70. The SMILES string of the molecule is CCCNCc1ccc(S(=O)(=O)Nc2nncs2)nc1. The number of pyridine rings is 1. The molecular formula is C11H15N5O2S2. The molecule has 0 radical (unpaired) electrons. The maximum Gasteiger partial charge on any atom is 0.281 e. The van der Waals surface area contributed by atoms with Crippen LogP contribution in [-0.4, -0.2) is 30.1 Å². The fraction of sp³-hybridized carbons (Fsp3) is 0.364. The normalized spacial score (nSPS) is 11.4. The second-order valence-electron chi connectivity index (χ2n) is 4.03. The third kappa shape index (κ3) is 3.95. The van der Waals surface area contributed by atoms with Gasteiger partial charge >= 0.3 is 0 Å². The van der Waals surface area contributed by atoms with Crippen LogP contribution >= 0.6 is 11.3 Å². The number of hydrogen-bond donors (Lipinski definition) is 2. The molecule has 9 heteroatoms. The molecule has 0 saturated heterocycles. The van der Waals surface area contributed by atoms with E-state index in [-0.39, 0.29) is 10.2 Å². The molecule has 0 spiro atoms. The average Bonchev–Trinajstić information content (AvgIpc) is 2.92. The Hall–Kier alpha value is -1.58. The monoisotopic (exact) mass is 313 g/mol. The first kappa shape index (κ1) is 14.8. The Labute approximate surface area is 121 Å². The predicted molar refractivity (Wildman–Crippen MR) is 77.0 cm³/mol. The van der Waals surface area contributed by atoms with Crippen LogP contribution < -0.4 is 10.0 Å². The van der Waals surface area contributed by atoms with Gasteiger partial charge in [0.25, 0.3) is 10.0 Å². The van der Waals surface area contributed by atoms with Gasteiger partial charge in [0.05, 0.1) is 0 Å². The van der Waals surface area contributed by atoms with E-state index in [1.54, 1.807) is 12.3 Å². The van der Waals surface area contributed by atoms with Crippen molar-refractivity contribution in [3.05, 3.63) is 29.4 Å². The highest BCUT2D eigenvalue weighted by Gasteiger charge is 2.17. The number of aromatic nitrogens is 3. The standard InChI is InChI=1S/C11H15N5O2S2/c1-2-5-12-6-9-3-4-10(13-7-9)20(17,18)16-11-15-14-8-19-11/h3-4,7-8,12H,2,5-6H2,1H3,(H,15,16). The van der Waals surface area contributed by atoms with Gasteiger partial charge in [-0.2, -0.15) is 8.42 Å². The van der Waals surface area contributed by atoms with Crippen molar-refractivity contribution in [2.24, 2.45) is 0 Å². The summed E-state index contributed by atoms with van der Waals surface area (Å²) in [4.78, 5) is 3.98. The second kappa shape index (κ2) is 6.73. The van der Waals surface area contributed by atoms with E-state index in [0.717, 1.165) is 29.9 Å². The largest absolute Gasteiger partial charge is 0.313 e. The van der Waals surface area contributed by atoms with Gasteiger partial charge in [0.1, 0.15) is 5.51 Å². The summed E-state index contributed by atoms with van der Waals surface area (Å²) in [5.74, 6) is 0. The van der Waals surface area contributed by atoms with E-state index in [9.17, 15) is 8.42 Å². The zero-order valence-electron chi connectivity index (χ0n) is 10.9. The van der Waals surface area contributed by atoms with Crippen molar-refractivity contribution in [3.8, 4) is 0 Å². The van der Waals surface area contributed by atoms with Gasteiger partial charge in [-0.3, -0.25) is 4.72 Å². The molecule has 0 aliphatic rings. The number of nitrogens with zero attached hydrogens (tertiary/aromatic N) is 3. The predicted octanol–water partition coefficient (Wildman–Crippen LogP) is 1.23. The lowest BCUT2D eigenvalue weighted by Gasteiger charge is -2.06. The number of rotatable bonds is 7. The summed E-state index contributed by atoms with van der Waals surface area (Å²) in [5.41, 5.74) is 2.39. The Morgan fingerprint density at radius 3 is 2.80 bits per heavy atom. The molecule has 0 aliphatic carbocycles. The van der Waals surface area contributed by atoms with Crippen LogP contribution in [0, 0.1) is 0 Å². The van der Waals surface area contributed by atoms with Crippen LogP contribution in [0.5, 0.6) is 0 Å². The van der Waals surface area contributed by atoms with E-state index >= 15 is 0 Å². The lowest BCUT2D eigenvalue weighted by Crippen LogP contribution is -2.16. The number of anilines is 1. The Bertz CT molecular complexity index is 625. The summed E-state index contributed by atoms with van der Waals surface area (Å²) in [6.45, 7) is 3.67. The second-order valence-corrected chi connectivity index (χ2v) is 6.49. The van der Waals surface area contributed by atoms with Crippen LogP contribution in [0.2, 0.25) is 0 Å². The first-order valence-electron chi connectivity index (χ1n) is 6.06. The third-order valence-corrected chi connectivity index (χ3v) is 4.40. The molecule has 0 unspecified atom stereocenters. The van der Waals surface area contributed by atoms with Gasteiger partial charge < -0.3 is 5.32 Å². The summed E-state index contributed by atoms with van der Waals surface area (Å²) < 4.78 is 26.4. The average molecular weight is 313 g/mol. The van der Waals surface area contributed by atoms with E-state index in [2.05, 4.69) is 32.1 Å². The van der Waals surface area contributed by atoms with Crippen LogP contribution in [0.3, 0.4) is 0 Å². The third-order valence-electron chi connectivity index (χ3n) is 2.41. The van der Waals surface area contributed by atoms with Gasteiger partial charge in [-0.1, -0.05) is 24.3 Å². The van der Waals surface area contributed by atoms with Gasteiger partial charge in [0, 0.05) is 12.7 Å². The van der Waals surface area contributed by atoms with Crippen molar-refractivity contribution in [2.75, 3.05) is 11.3 Å². The zero-order chi connectivity index (χ0) is 14.4. The Morgan fingerprint density at radius 1 is 1.35 bits per heavy atom. The van der Waals surface area contributed by atoms with Gasteiger partial charge in [0.15, 0.2) is 5.03 Å². The minimum absolute atomic E-state index is 0.0352. The first-order valence-corrected chi connectivity index (χ1v) is 8.42. The topological polar surface area (TPSA) is 96.9 Å². The lowest BCUT2D eigenvalue weighted by molar-refractivity contribution is 0.597. The Balaban J connectivity index is 2.05. The zero-order valence-corrected chi connectivity index (χ0v) is 12.5. The van der Waals surface area contributed by atoms with Gasteiger partial charge in [-0.25, -0.2) is 4.98 Å². The van der Waals surface area contributed by atoms with Gasteiger partial charge in [-0.05, 0) is 24.6 Å². The smallest absolute Gasteiger partial charge is 0.281 e. The van der Waals surface area contributed by atoms with Crippen molar-refractivity contribution in [1.82, 2.24) is 20.5 Å². The van der Waals surface area contributed by atoms with Crippen LogP contribution in [0.1, 0.15) is 18.9 Å². The van der Waals surface area contributed by atoms with E-state index < -0.39 is 10.0 Å². The molecule has 2 heterocycles. The highest BCUT2D eigenvalue weighted by atomic mass is 32.2. The Morgan fingerprint density at radius 2 is 2.20 bits per heavy atom. The summed E-state index contributed by atoms with van der Waals surface area (Å²) in [7, 11) is -3.70. The van der Waals surface area contributed by atoms with Crippen LogP contribution in [-0.2, 0) is 16.6 Å². The molecular weight excluding hydrogens is 298 g/mol. The number of sulfonamides is 1. The van der Waals surface area contributed by atoms with Crippen LogP contribution in [0.25, 0.3) is 0 Å². The van der Waals surface area contributed by atoms with Crippen molar-refractivity contribution >= 4 is 26.5 Å². The van der Waals surface area contributed by atoms with Crippen LogP contribution in [0.15, 0.2) is 28.9 Å². The summed E-state index contributed by atoms with van der Waals surface area (Å²) in [5, 5.41) is 10.6. The van der Waals surface area contributed by atoms with E-state index in [4.69, 9.17) is 0 Å². The van der Waals surface area contributed by atoms with Gasteiger partial charge in [-0.15, -0.1) is 10.2 Å². The fourth-order valence-corrected chi connectivity index (χ4v) is 3.09. The maximum atomic E-state index is 12.0. The lowest BCUT2D eigenvalue weighted by atomic mass is 10.3. The molecule has 0 saturated carbocycles. The highest BCUT2D eigenvalue weighted by Crippen LogP contribution is 2.15. The van der Waals surface area contributed by atoms with E-state index in [1.807, 2.05) is 0 Å². The molecule has 0 amide bonds. The van der Waals surface area contributed by atoms with Gasteiger partial charge in [0.2, 0.25) is 5.13 Å². The van der Waals surface area contributed by atoms with Crippen molar-refractivity contribution in [1.29, 1.82) is 0 Å². The summed E-state index contributed by atoms with van der Waals surface area (Å²) >= 11 is 1.11. The summed E-state index contributed by atoms with van der Waals surface area (Å²) in [6.07, 6.45) is 2.60. The van der Waals surface area contributed by atoms with Crippen molar-refractivity contribution in [2.45, 2.75) is 24.9 Å². The molecule has 7 nitrogen and oxygen atoms in total. The number of hydrogen-bond acceptors (Lipinski definition) is 7. The molecule has 0 atom stereocenters. The molecule has 0 aromatic carbocycles. The molecule has 0 fully saturated rings. The molecule has 0 bridgehead atoms.